The molecule has 0 aliphatic rings. The van der Waals surface area contributed by atoms with Crippen LogP contribution in [0.15, 0.2) is 36.9 Å². The third kappa shape index (κ3) is 1.84. The summed E-state index contributed by atoms with van der Waals surface area (Å²) in [6.07, 6.45) is 5.14. The van der Waals surface area contributed by atoms with E-state index in [0.717, 1.165) is 22.4 Å². The summed E-state index contributed by atoms with van der Waals surface area (Å²) >= 11 is 0. The number of nitrogens with one attached hydrogen (secondary N) is 1. The summed E-state index contributed by atoms with van der Waals surface area (Å²) in [6.45, 7) is 0. The summed E-state index contributed by atoms with van der Waals surface area (Å²) in [5.74, 6) is 0.723. The summed E-state index contributed by atoms with van der Waals surface area (Å²) in [6, 6.07) is 5.55. The molecule has 0 saturated heterocycles. The highest BCUT2D eigenvalue weighted by molar-refractivity contribution is 5.92. The normalized spacial score (nSPS) is 10.7. The molecule has 6 heteroatoms. The van der Waals surface area contributed by atoms with E-state index in [0.29, 0.717) is 5.69 Å². The van der Waals surface area contributed by atoms with E-state index < -0.39 is 0 Å². The Balaban J connectivity index is 2.08. The third-order valence-electron chi connectivity index (χ3n) is 2.63. The number of rotatable bonds is 2. The van der Waals surface area contributed by atoms with Crippen LogP contribution in [0.5, 0.6) is 0 Å². The number of benzene rings is 1. The smallest absolute Gasteiger partial charge is 0.141 e. The average molecular weight is 240 g/mol. The molecule has 3 aromatic rings. The summed E-state index contributed by atoms with van der Waals surface area (Å²) < 4.78 is 1.72. The first-order valence-electron chi connectivity index (χ1n) is 5.48. The average Bonchev–Trinajstić information content (AvgIpc) is 2.76. The van der Waals surface area contributed by atoms with Crippen LogP contribution in [0.25, 0.3) is 10.9 Å². The SMILES string of the molecule is Cn1cc(Nc2ncnc3ccc(N)cc23)cn1. The van der Waals surface area contributed by atoms with Gasteiger partial charge in [-0.2, -0.15) is 5.10 Å². The van der Waals surface area contributed by atoms with Crippen LogP contribution in [0.2, 0.25) is 0 Å². The molecule has 0 aliphatic heterocycles. The van der Waals surface area contributed by atoms with Gasteiger partial charge in [-0.05, 0) is 18.2 Å². The lowest BCUT2D eigenvalue weighted by atomic mass is 10.2. The van der Waals surface area contributed by atoms with Gasteiger partial charge in [-0.25, -0.2) is 9.97 Å². The Labute approximate surface area is 103 Å². The van der Waals surface area contributed by atoms with Crippen LogP contribution in [0.1, 0.15) is 0 Å². The number of nitrogens with zero attached hydrogens (tertiary/aromatic N) is 4. The van der Waals surface area contributed by atoms with Crippen LogP contribution in [-0.4, -0.2) is 19.7 Å². The second-order valence-electron chi connectivity index (χ2n) is 4.03. The summed E-state index contributed by atoms with van der Waals surface area (Å²) in [5, 5.41) is 8.19. The van der Waals surface area contributed by atoms with Crippen molar-refractivity contribution < 1.29 is 0 Å². The molecule has 0 atom stereocenters. The highest BCUT2D eigenvalue weighted by Gasteiger charge is 2.05. The number of aryl methyl sites for hydroxylation is 1. The maximum atomic E-state index is 5.79. The fourth-order valence-electron chi connectivity index (χ4n) is 1.80. The highest BCUT2D eigenvalue weighted by Crippen LogP contribution is 2.24. The van der Waals surface area contributed by atoms with Crippen LogP contribution in [0.4, 0.5) is 17.2 Å². The minimum atomic E-state index is 0.687. The van der Waals surface area contributed by atoms with E-state index in [1.54, 1.807) is 10.9 Å². The molecule has 6 nitrogen and oxygen atoms in total. The van der Waals surface area contributed by atoms with Gasteiger partial charge < -0.3 is 11.1 Å². The zero-order chi connectivity index (χ0) is 12.5. The lowest BCUT2D eigenvalue weighted by molar-refractivity contribution is 0.768. The molecule has 0 amide bonds. The zero-order valence-electron chi connectivity index (χ0n) is 9.83. The van der Waals surface area contributed by atoms with Crippen LogP contribution < -0.4 is 11.1 Å². The molecule has 2 heterocycles. The predicted octanol–water partition coefficient (Wildman–Crippen LogP) is 1.69. The molecule has 3 rings (SSSR count). The molecule has 18 heavy (non-hydrogen) atoms. The first-order chi connectivity index (χ1) is 8.72. The molecule has 2 aromatic heterocycles. The van der Waals surface area contributed by atoms with Crippen molar-refractivity contribution in [1.82, 2.24) is 19.7 Å². The Morgan fingerprint density at radius 1 is 1.28 bits per heavy atom. The van der Waals surface area contributed by atoms with Crippen molar-refractivity contribution in [2.24, 2.45) is 7.05 Å². The van der Waals surface area contributed by atoms with Gasteiger partial charge >= 0.3 is 0 Å². The van der Waals surface area contributed by atoms with Crippen LogP contribution >= 0.6 is 0 Å². The fraction of sp³-hybridized carbons (Fsp3) is 0.0833. The number of hydrogen-bond donors (Lipinski definition) is 2. The van der Waals surface area contributed by atoms with E-state index in [2.05, 4.69) is 20.4 Å². The van der Waals surface area contributed by atoms with E-state index in [-0.39, 0.29) is 0 Å². The molecular weight excluding hydrogens is 228 g/mol. The topological polar surface area (TPSA) is 81.7 Å². The minimum Gasteiger partial charge on any atom is -0.399 e. The summed E-state index contributed by atoms with van der Waals surface area (Å²) in [4.78, 5) is 8.44. The van der Waals surface area contributed by atoms with Gasteiger partial charge in [0.05, 0.1) is 17.4 Å². The van der Waals surface area contributed by atoms with Crippen molar-refractivity contribution >= 4 is 28.1 Å². The number of hydrogen-bond acceptors (Lipinski definition) is 5. The Morgan fingerprint density at radius 2 is 2.17 bits per heavy atom. The Morgan fingerprint density at radius 3 is 2.94 bits per heavy atom. The molecule has 90 valence electrons. The summed E-state index contributed by atoms with van der Waals surface area (Å²) in [5.41, 5.74) is 8.20. The van der Waals surface area contributed by atoms with Crippen LogP contribution in [-0.2, 0) is 7.05 Å². The second-order valence-corrected chi connectivity index (χ2v) is 4.03. The number of nitrogen functional groups attached to an aromatic ring is 1. The maximum Gasteiger partial charge on any atom is 0.141 e. The van der Waals surface area contributed by atoms with Gasteiger partial charge in [0.2, 0.25) is 0 Å². The van der Waals surface area contributed by atoms with Crippen LogP contribution in [0, 0.1) is 0 Å². The lowest BCUT2D eigenvalue weighted by Crippen LogP contribution is -1.96. The molecule has 0 radical (unpaired) electrons. The molecular formula is C12H12N6. The van der Waals surface area contributed by atoms with Gasteiger partial charge in [0.25, 0.3) is 0 Å². The van der Waals surface area contributed by atoms with Gasteiger partial charge in [-0.15, -0.1) is 0 Å². The molecule has 0 bridgehead atoms. The molecule has 0 unspecified atom stereocenters. The largest absolute Gasteiger partial charge is 0.399 e. The van der Waals surface area contributed by atoms with Crippen molar-refractivity contribution in [1.29, 1.82) is 0 Å². The number of fused-ring (bicyclic) bond motifs is 1. The van der Waals surface area contributed by atoms with Crippen molar-refractivity contribution in [2.75, 3.05) is 11.1 Å². The van der Waals surface area contributed by atoms with Gasteiger partial charge in [0.15, 0.2) is 0 Å². The first-order valence-corrected chi connectivity index (χ1v) is 5.48. The van der Waals surface area contributed by atoms with Crippen LogP contribution in [0.3, 0.4) is 0 Å². The number of aromatic nitrogens is 4. The maximum absolute atomic E-state index is 5.79. The fourth-order valence-corrected chi connectivity index (χ4v) is 1.80. The van der Waals surface area contributed by atoms with E-state index >= 15 is 0 Å². The molecule has 0 fully saturated rings. The lowest BCUT2D eigenvalue weighted by Gasteiger charge is -2.06. The third-order valence-corrected chi connectivity index (χ3v) is 2.63. The standard InChI is InChI=1S/C12H12N6/c1-18-6-9(5-16-18)17-12-10-4-8(13)2-3-11(10)14-7-15-12/h2-7H,13H2,1H3,(H,14,15,17). The van der Waals surface area contributed by atoms with E-state index in [4.69, 9.17) is 5.73 Å². The number of nitrogens with two attached hydrogens (primary N) is 1. The van der Waals surface area contributed by atoms with Gasteiger partial charge in [0.1, 0.15) is 12.1 Å². The van der Waals surface area contributed by atoms with Crippen molar-refractivity contribution in [2.45, 2.75) is 0 Å². The minimum absolute atomic E-state index is 0.687. The van der Waals surface area contributed by atoms with E-state index in [9.17, 15) is 0 Å². The van der Waals surface area contributed by atoms with Gasteiger partial charge in [-0.3, -0.25) is 4.68 Å². The monoisotopic (exact) mass is 240 g/mol. The molecule has 1 aromatic carbocycles. The second kappa shape index (κ2) is 3.99. The molecule has 3 N–H and O–H groups in total. The Hall–Kier alpha value is -2.63. The van der Waals surface area contributed by atoms with Gasteiger partial charge in [0, 0.05) is 24.3 Å². The first kappa shape index (κ1) is 10.5. The summed E-state index contributed by atoms with van der Waals surface area (Å²) in [7, 11) is 1.86. The molecule has 0 spiro atoms. The highest BCUT2D eigenvalue weighted by atomic mass is 15.3. The molecule has 0 saturated carbocycles. The predicted molar refractivity (Wildman–Crippen MR) is 70.4 cm³/mol. The quantitative estimate of drug-likeness (QED) is 0.666. The Kier molecular flexibility index (Phi) is 2.33. The zero-order valence-corrected chi connectivity index (χ0v) is 9.83. The van der Waals surface area contributed by atoms with Crippen molar-refractivity contribution in [3.8, 4) is 0 Å². The van der Waals surface area contributed by atoms with Crippen molar-refractivity contribution in [3.05, 3.63) is 36.9 Å². The van der Waals surface area contributed by atoms with Gasteiger partial charge in [-0.1, -0.05) is 0 Å². The number of anilines is 3. The Bertz CT molecular complexity index is 703. The van der Waals surface area contributed by atoms with E-state index in [1.807, 2.05) is 31.4 Å². The van der Waals surface area contributed by atoms with E-state index in [1.165, 1.54) is 6.33 Å². The molecule has 0 aliphatic carbocycles. The van der Waals surface area contributed by atoms with Crippen molar-refractivity contribution in [3.63, 3.8) is 0 Å².